The van der Waals surface area contributed by atoms with E-state index < -0.39 is 23.6 Å². The molecule has 2 aliphatic rings. The molecule has 1 aliphatic heterocycles. The largest absolute Gasteiger partial charge is 0.494 e. The number of carbonyl (C=O) groups is 2. The van der Waals surface area contributed by atoms with E-state index in [4.69, 9.17) is 9.47 Å². The second-order valence-corrected chi connectivity index (χ2v) is 6.20. The molecule has 1 aromatic carbocycles. The Morgan fingerprint density at radius 3 is 3.09 bits per heavy atom. The summed E-state index contributed by atoms with van der Waals surface area (Å²) in [5.74, 6) is -0.547. The van der Waals surface area contributed by atoms with Gasteiger partial charge in [-0.15, -0.1) is 0 Å². The van der Waals surface area contributed by atoms with Gasteiger partial charge in [0.15, 0.2) is 0 Å². The van der Waals surface area contributed by atoms with Crippen LogP contribution >= 0.6 is 0 Å². The molecule has 0 radical (unpaired) electrons. The summed E-state index contributed by atoms with van der Waals surface area (Å²) in [7, 11) is 0. The Morgan fingerprint density at radius 1 is 1.52 bits per heavy atom. The number of carboxylic acid groups (broad SMARTS) is 1. The molecule has 23 heavy (non-hydrogen) atoms. The van der Waals surface area contributed by atoms with E-state index in [-0.39, 0.29) is 0 Å². The lowest BCUT2D eigenvalue weighted by molar-refractivity contribution is -0.145. The Kier molecular flexibility index (Phi) is 4.15. The van der Waals surface area contributed by atoms with Crippen molar-refractivity contribution in [2.75, 3.05) is 18.1 Å². The van der Waals surface area contributed by atoms with E-state index >= 15 is 0 Å². The zero-order chi connectivity index (χ0) is 16.4. The number of rotatable bonds is 4. The Balaban J connectivity index is 1.79. The first-order valence-corrected chi connectivity index (χ1v) is 7.99. The number of anilines is 1. The number of nitrogens with zero attached hydrogens (tertiary/aromatic N) is 1. The zero-order valence-electron chi connectivity index (χ0n) is 13.2. The monoisotopic (exact) mass is 319 g/mol. The fourth-order valence-electron chi connectivity index (χ4n) is 3.50. The Morgan fingerprint density at radius 2 is 2.35 bits per heavy atom. The Hall–Kier alpha value is -2.24. The van der Waals surface area contributed by atoms with E-state index in [9.17, 15) is 14.7 Å². The van der Waals surface area contributed by atoms with E-state index in [2.05, 4.69) is 0 Å². The molecule has 0 bridgehead atoms. The third-order valence-corrected chi connectivity index (χ3v) is 4.56. The summed E-state index contributed by atoms with van der Waals surface area (Å²) in [6.45, 7) is 2.85. The van der Waals surface area contributed by atoms with Gasteiger partial charge < -0.3 is 14.6 Å². The molecular weight excluding hydrogens is 298 g/mol. The van der Waals surface area contributed by atoms with Gasteiger partial charge in [0.2, 0.25) is 0 Å². The number of carboxylic acids is 1. The topological polar surface area (TPSA) is 76.1 Å². The van der Waals surface area contributed by atoms with Gasteiger partial charge >= 0.3 is 12.1 Å². The predicted octanol–water partition coefficient (Wildman–Crippen LogP) is 3.06. The minimum absolute atomic E-state index is 0.385. The van der Waals surface area contributed by atoms with Crippen LogP contribution in [0.2, 0.25) is 0 Å². The smallest absolute Gasteiger partial charge is 0.415 e. The van der Waals surface area contributed by atoms with E-state index in [0.717, 1.165) is 12.1 Å². The zero-order valence-corrected chi connectivity index (χ0v) is 13.2. The highest BCUT2D eigenvalue weighted by Gasteiger charge is 2.49. The maximum absolute atomic E-state index is 12.3. The van der Waals surface area contributed by atoms with Crippen molar-refractivity contribution in [1.29, 1.82) is 0 Å². The number of benzene rings is 1. The first-order chi connectivity index (χ1) is 11.0. The summed E-state index contributed by atoms with van der Waals surface area (Å²) in [6, 6.07) is 7.31. The SMILES string of the molecule is CCOc1cccc(N2CC3(CCCC(C(=O)O)C3)OC2=O)c1. The summed E-state index contributed by atoms with van der Waals surface area (Å²) in [4.78, 5) is 25.2. The highest BCUT2D eigenvalue weighted by Crippen LogP contribution is 2.41. The first-order valence-electron chi connectivity index (χ1n) is 7.99. The number of aliphatic carboxylic acids is 1. The van der Waals surface area contributed by atoms with Crippen LogP contribution in [0.5, 0.6) is 5.75 Å². The summed E-state index contributed by atoms with van der Waals surface area (Å²) in [5.41, 5.74) is 0.0373. The van der Waals surface area contributed by atoms with E-state index in [0.29, 0.717) is 38.2 Å². The lowest BCUT2D eigenvalue weighted by Gasteiger charge is -2.34. The minimum Gasteiger partial charge on any atom is -0.494 e. The van der Waals surface area contributed by atoms with Crippen LogP contribution in [0.25, 0.3) is 0 Å². The third kappa shape index (κ3) is 3.11. The van der Waals surface area contributed by atoms with Crippen molar-refractivity contribution < 1.29 is 24.2 Å². The van der Waals surface area contributed by atoms with Crippen molar-refractivity contribution in [1.82, 2.24) is 0 Å². The highest BCUT2D eigenvalue weighted by atomic mass is 16.6. The van der Waals surface area contributed by atoms with Gasteiger partial charge in [0.1, 0.15) is 11.4 Å². The van der Waals surface area contributed by atoms with E-state index in [1.165, 1.54) is 0 Å². The molecular formula is C17H21NO5. The van der Waals surface area contributed by atoms with Gasteiger partial charge in [-0.3, -0.25) is 9.69 Å². The molecule has 1 aromatic rings. The van der Waals surface area contributed by atoms with Gasteiger partial charge in [0.25, 0.3) is 0 Å². The number of carbonyl (C=O) groups excluding carboxylic acids is 1. The molecule has 1 saturated carbocycles. The molecule has 124 valence electrons. The molecule has 1 saturated heterocycles. The van der Waals surface area contributed by atoms with Crippen molar-refractivity contribution >= 4 is 17.7 Å². The summed E-state index contributed by atoms with van der Waals surface area (Å²) in [6.07, 6.45) is 2.09. The number of hydrogen-bond acceptors (Lipinski definition) is 4. The summed E-state index contributed by atoms with van der Waals surface area (Å²) >= 11 is 0. The predicted molar refractivity (Wildman–Crippen MR) is 83.8 cm³/mol. The van der Waals surface area contributed by atoms with Gasteiger partial charge in [-0.05, 0) is 38.3 Å². The average molecular weight is 319 g/mol. The molecule has 1 N–H and O–H groups in total. The third-order valence-electron chi connectivity index (χ3n) is 4.56. The van der Waals surface area contributed by atoms with Crippen LogP contribution in [-0.2, 0) is 9.53 Å². The fourth-order valence-corrected chi connectivity index (χ4v) is 3.50. The molecule has 1 aliphatic carbocycles. The number of ether oxygens (including phenoxy) is 2. The molecule has 2 unspecified atom stereocenters. The fraction of sp³-hybridized carbons (Fsp3) is 0.529. The first kappa shape index (κ1) is 15.6. The average Bonchev–Trinajstić information content (AvgIpc) is 2.84. The highest BCUT2D eigenvalue weighted by molar-refractivity contribution is 5.90. The molecule has 1 heterocycles. The standard InChI is InChI=1S/C17H21NO5/c1-2-22-14-7-3-6-13(9-14)18-11-17(23-16(18)21)8-4-5-12(10-17)15(19)20/h3,6-7,9,12H,2,4-5,8,10-11H2,1H3,(H,19,20). The quantitative estimate of drug-likeness (QED) is 0.923. The van der Waals surface area contributed by atoms with Crippen LogP contribution in [0.3, 0.4) is 0 Å². The van der Waals surface area contributed by atoms with Crippen LogP contribution in [0.15, 0.2) is 24.3 Å². The van der Waals surface area contributed by atoms with Crippen LogP contribution in [0, 0.1) is 5.92 Å². The van der Waals surface area contributed by atoms with E-state index in [1.807, 2.05) is 25.1 Å². The van der Waals surface area contributed by atoms with Crippen molar-refractivity contribution in [3.63, 3.8) is 0 Å². The van der Waals surface area contributed by atoms with Gasteiger partial charge in [-0.25, -0.2) is 4.79 Å². The second-order valence-electron chi connectivity index (χ2n) is 6.20. The number of amides is 1. The van der Waals surface area contributed by atoms with Crippen molar-refractivity contribution in [3.05, 3.63) is 24.3 Å². The molecule has 3 rings (SSSR count). The lowest BCUT2D eigenvalue weighted by Crippen LogP contribution is -2.41. The van der Waals surface area contributed by atoms with Gasteiger partial charge in [0.05, 0.1) is 24.8 Å². The maximum Gasteiger partial charge on any atom is 0.415 e. The normalized spacial score (nSPS) is 27.1. The molecule has 2 fully saturated rings. The van der Waals surface area contributed by atoms with Crippen LogP contribution < -0.4 is 9.64 Å². The summed E-state index contributed by atoms with van der Waals surface area (Å²) in [5, 5.41) is 9.26. The van der Waals surface area contributed by atoms with Crippen LogP contribution in [-0.4, -0.2) is 35.9 Å². The van der Waals surface area contributed by atoms with Crippen LogP contribution in [0.1, 0.15) is 32.6 Å². The number of hydrogen-bond donors (Lipinski definition) is 1. The van der Waals surface area contributed by atoms with Crippen molar-refractivity contribution in [2.24, 2.45) is 5.92 Å². The summed E-state index contributed by atoms with van der Waals surface area (Å²) < 4.78 is 11.1. The molecule has 6 heteroatoms. The van der Waals surface area contributed by atoms with Gasteiger partial charge in [0, 0.05) is 12.5 Å². The lowest BCUT2D eigenvalue weighted by atomic mass is 9.78. The van der Waals surface area contributed by atoms with Crippen molar-refractivity contribution in [3.8, 4) is 5.75 Å². The molecule has 0 aromatic heterocycles. The van der Waals surface area contributed by atoms with E-state index in [1.54, 1.807) is 11.0 Å². The van der Waals surface area contributed by atoms with Crippen LogP contribution in [0.4, 0.5) is 10.5 Å². The molecule has 1 spiro atoms. The van der Waals surface area contributed by atoms with Gasteiger partial charge in [-0.1, -0.05) is 6.07 Å². The molecule has 2 atom stereocenters. The Bertz CT molecular complexity index is 617. The molecule has 1 amide bonds. The second kappa shape index (κ2) is 6.10. The van der Waals surface area contributed by atoms with Crippen molar-refractivity contribution in [2.45, 2.75) is 38.2 Å². The van der Waals surface area contributed by atoms with Gasteiger partial charge in [-0.2, -0.15) is 0 Å². The Labute approximate surface area is 135 Å². The minimum atomic E-state index is -0.808. The molecule has 6 nitrogen and oxygen atoms in total. The maximum atomic E-state index is 12.3.